The second-order valence-corrected chi connectivity index (χ2v) is 9.80. The summed E-state index contributed by atoms with van der Waals surface area (Å²) in [5, 5.41) is 6.00. The van der Waals surface area contributed by atoms with Crippen LogP contribution < -0.4 is 10.6 Å². The number of anilines is 2. The van der Waals surface area contributed by atoms with Crippen molar-refractivity contribution in [3.05, 3.63) is 24.3 Å². The molecule has 2 saturated carbocycles. The molecule has 2 unspecified atom stereocenters. The number of nitrogens with one attached hydrogen (secondary N) is 2. The molecule has 5 nitrogen and oxygen atoms in total. The third-order valence-electron chi connectivity index (χ3n) is 6.42. The molecule has 2 heterocycles. The van der Waals surface area contributed by atoms with Crippen molar-refractivity contribution >= 4 is 23.3 Å². The van der Waals surface area contributed by atoms with Crippen LogP contribution in [0.15, 0.2) is 24.3 Å². The molecule has 1 aromatic rings. The predicted octanol–water partition coefficient (Wildman–Crippen LogP) is 4.71. The summed E-state index contributed by atoms with van der Waals surface area (Å²) in [6, 6.07) is 7.84. The summed E-state index contributed by atoms with van der Waals surface area (Å²) < 4.78 is 0. The Bertz CT molecular complexity index is 725. The van der Waals surface area contributed by atoms with E-state index in [1.165, 1.54) is 32.1 Å². The van der Waals surface area contributed by atoms with Crippen LogP contribution in [0.5, 0.6) is 0 Å². The summed E-state index contributed by atoms with van der Waals surface area (Å²) >= 11 is 0. The van der Waals surface area contributed by atoms with Gasteiger partial charge in [-0.25, -0.2) is 4.79 Å². The molecule has 0 spiro atoms. The van der Waals surface area contributed by atoms with E-state index in [-0.39, 0.29) is 11.9 Å². The van der Waals surface area contributed by atoms with Crippen molar-refractivity contribution in [3.8, 4) is 0 Å². The maximum atomic E-state index is 13.0. The molecule has 4 fully saturated rings. The lowest BCUT2D eigenvalue weighted by molar-refractivity contribution is -0.123. The summed E-state index contributed by atoms with van der Waals surface area (Å²) in [4.78, 5) is 27.3. The molecule has 4 aliphatic rings. The Kier molecular flexibility index (Phi) is 4.65. The van der Waals surface area contributed by atoms with Gasteiger partial charge in [-0.15, -0.1) is 0 Å². The Morgan fingerprint density at radius 3 is 2.15 bits per heavy atom. The quantitative estimate of drug-likeness (QED) is 0.793. The van der Waals surface area contributed by atoms with Crippen molar-refractivity contribution in [2.45, 2.75) is 58.9 Å². The van der Waals surface area contributed by atoms with Crippen molar-refractivity contribution in [2.75, 3.05) is 17.2 Å². The van der Waals surface area contributed by atoms with Crippen LogP contribution in [-0.2, 0) is 4.79 Å². The first-order chi connectivity index (χ1) is 12.8. The zero-order valence-electron chi connectivity index (χ0n) is 16.6. The summed E-state index contributed by atoms with van der Waals surface area (Å²) in [5.41, 5.74) is 0.989. The maximum Gasteiger partial charge on any atom is 0.322 e. The molecule has 2 atom stereocenters. The highest BCUT2D eigenvalue weighted by molar-refractivity contribution is 5.96. The number of hydrogen-bond acceptors (Lipinski definition) is 2. The van der Waals surface area contributed by atoms with Gasteiger partial charge in [0, 0.05) is 29.4 Å². The molecule has 1 aromatic carbocycles. The molecular weight excluding hydrogens is 338 g/mol. The monoisotopic (exact) mass is 369 g/mol. The standard InChI is InChI=1S/C22H31N3O2/c1-22(2,3)20(26)23-17-5-4-6-18(12-17)24-21(27)25-13-16-8-14-7-15(9-16)11-19(25)10-14/h4-6,12,14-16,19H,7-11,13H2,1-3H3,(H,23,26)(H,24,27). The van der Waals surface area contributed by atoms with Crippen LogP contribution in [0.2, 0.25) is 0 Å². The second kappa shape index (κ2) is 6.84. The first-order valence-electron chi connectivity index (χ1n) is 10.3. The molecule has 2 N–H and O–H groups in total. The van der Waals surface area contributed by atoms with E-state index in [9.17, 15) is 9.59 Å². The molecule has 146 valence electrons. The number of benzene rings is 1. The van der Waals surface area contributed by atoms with E-state index in [0.717, 1.165) is 24.1 Å². The van der Waals surface area contributed by atoms with Gasteiger partial charge >= 0.3 is 6.03 Å². The van der Waals surface area contributed by atoms with E-state index < -0.39 is 5.41 Å². The molecule has 5 heteroatoms. The first kappa shape index (κ1) is 18.3. The zero-order valence-corrected chi connectivity index (χ0v) is 16.6. The van der Waals surface area contributed by atoms with Crippen LogP contribution >= 0.6 is 0 Å². The highest BCUT2D eigenvalue weighted by Crippen LogP contribution is 2.47. The third-order valence-corrected chi connectivity index (χ3v) is 6.42. The molecule has 5 rings (SSSR count). The molecular formula is C22H31N3O2. The van der Waals surface area contributed by atoms with Crippen molar-refractivity contribution in [2.24, 2.45) is 23.2 Å². The fraction of sp³-hybridized carbons (Fsp3) is 0.636. The average molecular weight is 370 g/mol. The molecule has 4 bridgehead atoms. The van der Waals surface area contributed by atoms with E-state index in [0.29, 0.717) is 17.6 Å². The van der Waals surface area contributed by atoms with Crippen molar-refractivity contribution in [1.82, 2.24) is 4.90 Å². The molecule has 0 radical (unpaired) electrons. The average Bonchev–Trinajstić information content (AvgIpc) is 2.78. The number of fused-ring (bicyclic) bond motifs is 1. The fourth-order valence-electron chi connectivity index (χ4n) is 5.22. The highest BCUT2D eigenvalue weighted by atomic mass is 16.2. The van der Waals surface area contributed by atoms with Gasteiger partial charge in [0.25, 0.3) is 0 Å². The Balaban J connectivity index is 1.44. The van der Waals surface area contributed by atoms with Gasteiger partial charge in [0.1, 0.15) is 0 Å². The summed E-state index contributed by atoms with van der Waals surface area (Å²) in [6.07, 6.45) is 6.30. The number of amides is 3. The smallest absolute Gasteiger partial charge is 0.322 e. The van der Waals surface area contributed by atoms with Crippen LogP contribution in [0.1, 0.15) is 52.9 Å². The van der Waals surface area contributed by atoms with Gasteiger partial charge in [-0.1, -0.05) is 26.8 Å². The topological polar surface area (TPSA) is 61.4 Å². The minimum absolute atomic E-state index is 0.00694. The third kappa shape index (κ3) is 3.97. The van der Waals surface area contributed by atoms with E-state index in [1.807, 2.05) is 45.0 Å². The number of nitrogens with zero attached hydrogens (tertiary/aromatic N) is 1. The SMILES string of the molecule is CC(C)(C)C(=O)Nc1cccc(NC(=O)N2CC3CC4CC(C3)CC2C4)c1. The Morgan fingerprint density at radius 2 is 1.52 bits per heavy atom. The summed E-state index contributed by atoms with van der Waals surface area (Å²) in [6.45, 7) is 6.55. The van der Waals surface area contributed by atoms with Gasteiger partial charge in [0.15, 0.2) is 0 Å². The van der Waals surface area contributed by atoms with Gasteiger partial charge in [-0.05, 0) is 68.1 Å². The predicted molar refractivity (Wildman–Crippen MR) is 108 cm³/mol. The van der Waals surface area contributed by atoms with Crippen LogP contribution in [0.4, 0.5) is 16.2 Å². The van der Waals surface area contributed by atoms with E-state index in [4.69, 9.17) is 0 Å². The van der Waals surface area contributed by atoms with E-state index in [2.05, 4.69) is 15.5 Å². The Labute approximate surface area is 161 Å². The lowest BCUT2D eigenvalue weighted by Crippen LogP contribution is -2.44. The highest BCUT2D eigenvalue weighted by Gasteiger charge is 2.44. The lowest BCUT2D eigenvalue weighted by atomic mass is 9.68. The van der Waals surface area contributed by atoms with Crippen LogP contribution in [0, 0.1) is 23.2 Å². The lowest BCUT2D eigenvalue weighted by Gasteiger charge is -2.38. The fourth-order valence-corrected chi connectivity index (χ4v) is 5.22. The number of carbonyl (C=O) groups is 2. The Morgan fingerprint density at radius 1 is 0.926 bits per heavy atom. The van der Waals surface area contributed by atoms with Gasteiger partial charge in [-0.2, -0.15) is 0 Å². The zero-order chi connectivity index (χ0) is 19.2. The largest absolute Gasteiger partial charge is 0.326 e. The summed E-state index contributed by atoms with van der Waals surface area (Å²) in [5.74, 6) is 2.28. The second-order valence-electron chi connectivity index (χ2n) is 9.80. The molecule has 3 amide bonds. The molecule has 2 aliphatic carbocycles. The van der Waals surface area contributed by atoms with Gasteiger partial charge in [0.2, 0.25) is 5.91 Å². The number of hydrogen-bond donors (Lipinski definition) is 2. The number of carbonyl (C=O) groups excluding carboxylic acids is 2. The van der Waals surface area contributed by atoms with E-state index in [1.54, 1.807) is 0 Å². The summed E-state index contributed by atoms with van der Waals surface area (Å²) in [7, 11) is 0. The molecule has 2 aliphatic heterocycles. The Hall–Kier alpha value is -2.04. The molecule has 0 aromatic heterocycles. The van der Waals surface area contributed by atoms with Gasteiger partial charge in [-0.3, -0.25) is 4.79 Å². The van der Waals surface area contributed by atoms with Crippen LogP contribution in [0.3, 0.4) is 0 Å². The van der Waals surface area contributed by atoms with Gasteiger partial charge in [0.05, 0.1) is 0 Å². The van der Waals surface area contributed by atoms with E-state index >= 15 is 0 Å². The minimum atomic E-state index is -0.455. The number of rotatable bonds is 2. The maximum absolute atomic E-state index is 13.0. The molecule has 27 heavy (non-hydrogen) atoms. The van der Waals surface area contributed by atoms with Crippen molar-refractivity contribution in [3.63, 3.8) is 0 Å². The minimum Gasteiger partial charge on any atom is -0.326 e. The van der Waals surface area contributed by atoms with Crippen molar-refractivity contribution < 1.29 is 9.59 Å². The molecule has 2 saturated heterocycles. The van der Waals surface area contributed by atoms with Crippen LogP contribution in [-0.4, -0.2) is 29.4 Å². The first-order valence-corrected chi connectivity index (χ1v) is 10.3. The number of urea groups is 1. The normalized spacial score (nSPS) is 29.4. The van der Waals surface area contributed by atoms with Crippen LogP contribution in [0.25, 0.3) is 0 Å². The van der Waals surface area contributed by atoms with Crippen molar-refractivity contribution in [1.29, 1.82) is 0 Å². The van der Waals surface area contributed by atoms with Gasteiger partial charge < -0.3 is 15.5 Å².